The Morgan fingerprint density at radius 3 is 2.46 bits per heavy atom. The second kappa shape index (κ2) is 6.63. The van der Waals surface area contributed by atoms with E-state index in [0.29, 0.717) is 5.56 Å². The summed E-state index contributed by atoms with van der Waals surface area (Å²) < 4.78 is 18.9. The molecule has 5 nitrogen and oxygen atoms in total. The van der Waals surface area contributed by atoms with Gasteiger partial charge in [0.2, 0.25) is 5.88 Å². The summed E-state index contributed by atoms with van der Waals surface area (Å²) in [6.07, 6.45) is -1.60. The summed E-state index contributed by atoms with van der Waals surface area (Å²) in [4.78, 5) is 14.7. The first kappa shape index (κ1) is 18.6. The molecule has 1 aromatic heterocycles. The first-order chi connectivity index (χ1) is 11.0. The number of nitrogens with zero attached hydrogens (tertiary/aromatic N) is 1. The molecule has 2 aromatic rings. The normalized spacial score (nSPS) is 11.4. The highest BCUT2D eigenvalue weighted by molar-refractivity contribution is 6.38. The summed E-state index contributed by atoms with van der Waals surface area (Å²) in [5, 5.41) is 8.76. The smallest absolute Gasteiger partial charge is 0.449 e. The first-order valence-electron chi connectivity index (χ1n) is 6.57. The number of pyridine rings is 1. The lowest BCUT2D eigenvalue weighted by Crippen LogP contribution is -2.11. The highest BCUT2D eigenvalue weighted by Gasteiger charge is 2.28. The van der Waals surface area contributed by atoms with Gasteiger partial charge < -0.3 is 15.6 Å². The van der Waals surface area contributed by atoms with Crippen LogP contribution in [0, 0.1) is 0 Å². The molecular weight excluding hydrogens is 382 g/mol. The monoisotopic (exact) mass is 392 g/mol. The van der Waals surface area contributed by atoms with E-state index in [1.165, 1.54) is 32.0 Å². The van der Waals surface area contributed by atoms with Crippen molar-refractivity contribution in [2.45, 2.75) is 19.5 Å². The fourth-order valence-corrected chi connectivity index (χ4v) is 3.16. The summed E-state index contributed by atoms with van der Waals surface area (Å²) in [5.41, 5.74) is 4.54. The molecule has 24 heavy (non-hydrogen) atoms. The molecule has 0 aliphatic rings. The maximum atomic E-state index is 14.4. The van der Waals surface area contributed by atoms with E-state index in [4.69, 9.17) is 45.6 Å². The lowest BCUT2D eigenvalue weighted by Gasteiger charge is -2.20. The molecule has 1 heterocycles. The molecule has 0 radical (unpaired) electrons. The van der Waals surface area contributed by atoms with Gasteiger partial charge in [-0.3, -0.25) is 0 Å². The van der Waals surface area contributed by atoms with Crippen LogP contribution in [0.4, 0.5) is 14.9 Å². The van der Waals surface area contributed by atoms with Crippen molar-refractivity contribution < 1.29 is 19.0 Å². The number of benzene rings is 1. The minimum Gasteiger partial charge on any atom is -0.449 e. The van der Waals surface area contributed by atoms with E-state index in [2.05, 4.69) is 9.72 Å². The van der Waals surface area contributed by atoms with Gasteiger partial charge in [0.1, 0.15) is 10.7 Å². The number of hydrogen-bond donors (Lipinski definition) is 2. The number of aromatic nitrogens is 1. The van der Waals surface area contributed by atoms with Crippen LogP contribution < -0.4 is 10.5 Å². The maximum Gasteiger partial charge on any atom is 0.512 e. The fraction of sp³-hybridized carbons (Fsp3) is 0.200. The molecule has 0 spiro atoms. The Labute approximate surface area is 152 Å². The van der Waals surface area contributed by atoms with Crippen LogP contribution in [-0.4, -0.2) is 16.2 Å². The van der Waals surface area contributed by atoms with Crippen molar-refractivity contribution in [3.63, 3.8) is 0 Å². The highest BCUT2D eigenvalue weighted by Crippen LogP contribution is 2.43. The Morgan fingerprint density at radius 1 is 1.29 bits per heavy atom. The summed E-state index contributed by atoms with van der Waals surface area (Å²) in [6, 6.07) is 4.35. The van der Waals surface area contributed by atoms with Crippen LogP contribution in [0.15, 0.2) is 18.2 Å². The zero-order valence-electron chi connectivity index (χ0n) is 12.5. The molecule has 9 heteroatoms. The van der Waals surface area contributed by atoms with Crippen LogP contribution >= 0.6 is 34.8 Å². The predicted molar refractivity (Wildman–Crippen MR) is 91.9 cm³/mol. The third kappa shape index (κ3) is 3.66. The number of hydrogen-bond acceptors (Lipinski definition) is 4. The minimum absolute atomic E-state index is 0.0324. The van der Waals surface area contributed by atoms with E-state index >= 15 is 0 Å². The Balaban J connectivity index is 2.69. The largest absolute Gasteiger partial charge is 0.512 e. The van der Waals surface area contributed by atoms with Crippen LogP contribution in [0.1, 0.15) is 19.4 Å². The average molecular weight is 394 g/mol. The van der Waals surface area contributed by atoms with Gasteiger partial charge in [0, 0.05) is 16.1 Å². The molecule has 2 rings (SSSR count). The molecule has 0 amide bonds. The van der Waals surface area contributed by atoms with Gasteiger partial charge in [-0.25, -0.2) is 14.2 Å². The van der Waals surface area contributed by atoms with Crippen molar-refractivity contribution in [2.75, 3.05) is 5.73 Å². The Hall–Kier alpha value is -1.76. The first-order valence-corrected chi connectivity index (χ1v) is 7.70. The highest BCUT2D eigenvalue weighted by atomic mass is 35.5. The van der Waals surface area contributed by atoms with Crippen molar-refractivity contribution in [1.82, 2.24) is 4.98 Å². The van der Waals surface area contributed by atoms with Crippen molar-refractivity contribution in [2.24, 2.45) is 0 Å². The summed E-state index contributed by atoms with van der Waals surface area (Å²) in [7, 11) is 0. The van der Waals surface area contributed by atoms with Gasteiger partial charge in [-0.05, 0) is 32.0 Å². The van der Waals surface area contributed by atoms with E-state index < -0.39 is 17.7 Å². The standard InChI is InChI=1S/C15H12Cl3FN2O3/c1-15(2,19)10-7(16)4-3-6(11(10)17)9-5-8(20)12(18)13(21-9)24-14(22)23/h3-5H,1-2H3,(H2,20,21)(H,22,23). The van der Waals surface area contributed by atoms with E-state index in [1.54, 1.807) is 0 Å². The molecule has 0 aliphatic carbocycles. The number of carbonyl (C=O) groups is 1. The number of halogens is 4. The van der Waals surface area contributed by atoms with E-state index in [-0.39, 0.29) is 32.0 Å². The molecular formula is C15H12Cl3FN2O3. The van der Waals surface area contributed by atoms with Crippen LogP contribution in [0.5, 0.6) is 5.88 Å². The fourth-order valence-electron chi connectivity index (χ4n) is 2.11. The molecule has 0 aliphatic heterocycles. The Morgan fingerprint density at radius 2 is 1.92 bits per heavy atom. The lowest BCUT2D eigenvalue weighted by atomic mass is 9.96. The lowest BCUT2D eigenvalue weighted by molar-refractivity contribution is 0.142. The number of rotatable bonds is 3. The summed E-state index contributed by atoms with van der Waals surface area (Å²) >= 11 is 18.2. The number of carboxylic acid groups (broad SMARTS) is 1. The molecule has 0 unspecified atom stereocenters. The maximum absolute atomic E-state index is 14.4. The summed E-state index contributed by atoms with van der Waals surface area (Å²) in [5.74, 6) is -0.397. The zero-order valence-corrected chi connectivity index (χ0v) is 14.8. The topological polar surface area (TPSA) is 85.4 Å². The molecule has 128 valence electrons. The Bertz CT molecular complexity index is 823. The van der Waals surface area contributed by atoms with Crippen LogP contribution in [0.2, 0.25) is 15.1 Å². The molecule has 0 bridgehead atoms. The van der Waals surface area contributed by atoms with E-state index in [1.807, 2.05) is 0 Å². The van der Waals surface area contributed by atoms with Gasteiger partial charge in [0.05, 0.1) is 16.4 Å². The second-order valence-electron chi connectivity index (χ2n) is 5.34. The predicted octanol–water partition coefficient (Wildman–Crippen LogP) is 5.55. The molecule has 0 fully saturated rings. The quantitative estimate of drug-likeness (QED) is 0.667. The average Bonchev–Trinajstić information content (AvgIpc) is 2.41. The van der Waals surface area contributed by atoms with Gasteiger partial charge in [-0.15, -0.1) is 0 Å². The van der Waals surface area contributed by atoms with Crippen molar-refractivity contribution >= 4 is 46.6 Å². The van der Waals surface area contributed by atoms with Crippen molar-refractivity contribution in [3.8, 4) is 17.1 Å². The van der Waals surface area contributed by atoms with Crippen LogP contribution in [0.3, 0.4) is 0 Å². The zero-order chi connectivity index (χ0) is 18.2. The summed E-state index contributed by atoms with van der Waals surface area (Å²) in [6.45, 7) is 2.62. The molecule has 0 atom stereocenters. The number of nitrogens with two attached hydrogens (primary N) is 1. The Kier molecular flexibility index (Phi) is 5.13. The number of nitrogen functional groups attached to an aromatic ring is 1. The second-order valence-corrected chi connectivity index (χ2v) is 6.50. The number of alkyl halides is 1. The van der Waals surface area contributed by atoms with Gasteiger partial charge in [-0.2, -0.15) is 0 Å². The van der Waals surface area contributed by atoms with E-state index in [0.717, 1.165) is 0 Å². The third-order valence-electron chi connectivity index (χ3n) is 3.10. The van der Waals surface area contributed by atoms with Gasteiger partial charge in [0.25, 0.3) is 0 Å². The molecule has 1 aromatic carbocycles. The van der Waals surface area contributed by atoms with Crippen molar-refractivity contribution in [3.05, 3.63) is 38.8 Å². The van der Waals surface area contributed by atoms with Gasteiger partial charge in [0.15, 0.2) is 0 Å². The van der Waals surface area contributed by atoms with Gasteiger partial charge >= 0.3 is 6.16 Å². The van der Waals surface area contributed by atoms with Crippen molar-refractivity contribution in [1.29, 1.82) is 0 Å². The minimum atomic E-state index is -1.80. The molecule has 0 saturated heterocycles. The molecule has 0 saturated carbocycles. The number of ether oxygens (including phenoxy) is 1. The van der Waals surface area contributed by atoms with E-state index in [9.17, 15) is 9.18 Å². The third-order valence-corrected chi connectivity index (χ3v) is 4.19. The van der Waals surface area contributed by atoms with Crippen LogP contribution in [0.25, 0.3) is 11.3 Å². The molecule has 3 N–H and O–H groups in total. The number of anilines is 1. The van der Waals surface area contributed by atoms with Crippen LogP contribution in [-0.2, 0) is 5.67 Å². The SMILES string of the molecule is CC(C)(F)c1c(Cl)ccc(-c2cc(N)c(Cl)c(OC(=O)O)n2)c1Cl. The van der Waals surface area contributed by atoms with Gasteiger partial charge in [-0.1, -0.05) is 34.8 Å².